The largest absolute Gasteiger partial charge is 0.370 e. The molecule has 1 aliphatic carbocycles. The maximum Gasteiger partial charge on any atom is 0.253 e. The molecule has 1 unspecified atom stereocenters. The quantitative estimate of drug-likeness (QED) is 0.703. The Bertz CT molecular complexity index is 332. The SMILES string of the molecule is COC(CN)C(=O)N1CCC(NC(=O)C2CC2)CC1. The molecular weight excluding hydrogens is 246 g/mol. The monoisotopic (exact) mass is 269 g/mol. The van der Waals surface area contributed by atoms with Crippen LogP contribution in [0.1, 0.15) is 25.7 Å². The number of amides is 2. The van der Waals surface area contributed by atoms with Gasteiger partial charge in [0.05, 0.1) is 0 Å². The summed E-state index contributed by atoms with van der Waals surface area (Å²) in [5.74, 6) is 0.383. The maximum absolute atomic E-state index is 12.0. The predicted octanol–water partition coefficient (Wildman–Crippen LogP) is -0.523. The van der Waals surface area contributed by atoms with Crippen molar-refractivity contribution in [3.63, 3.8) is 0 Å². The van der Waals surface area contributed by atoms with Crippen molar-refractivity contribution >= 4 is 11.8 Å². The number of nitrogens with zero attached hydrogens (tertiary/aromatic N) is 1. The number of piperidine rings is 1. The molecule has 108 valence electrons. The van der Waals surface area contributed by atoms with Crippen LogP contribution < -0.4 is 11.1 Å². The topological polar surface area (TPSA) is 84.7 Å². The summed E-state index contributed by atoms with van der Waals surface area (Å²) in [5, 5.41) is 3.06. The van der Waals surface area contributed by atoms with Crippen molar-refractivity contribution in [1.82, 2.24) is 10.2 Å². The average molecular weight is 269 g/mol. The normalized spacial score (nSPS) is 22.1. The summed E-state index contributed by atoms with van der Waals surface area (Å²) < 4.78 is 5.06. The number of ether oxygens (including phenoxy) is 1. The predicted molar refractivity (Wildman–Crippen MR) is 70.3 cm³/mol. The molecule has 0 bridgehead atoms. The van der Waals surface area contributed by atoms with Crippen LogP contribution in [0.3, 0.4) is 0 Å². The number of carbonyl (C=O) groups is 2. The van der Waals surface area contributed by atoms with E-state index in [0.29, 0.717) is 13.1 Å². The van der Waals surface area contributed by atoms with Crippen LogP contribution in [0.25, 0.3) is 0 Å². The molecule has 19 heavy (non-hydrogen) atoms. The van der Waals surface area contributed by atoms with E-state index >= 15 is 0 Å². The van der Waals surface area contributed by atoms with Crippen LogP contribution in [-0.2, 0) is 14.3 Å². The van der Waals surface area contributed by atoms with Gasteiger partial charge in [0.15, 0.2) is 0 Å². The summed E-state index contributed by atoms with van der Waals surface area (Å²) in [6.07, 6.45) is 3.12. The minimum absolute atomic E-state index is 0.0445. The number of hydrogen-bond acceptors (Lipinski definition) is 4. The Balaban J connectivity index is 1.75. The zero-order chi connectivity index (χ0) is 13.8. The van der Waals surface area contributed by atoms with Gasteiger partial charge < -0.3 is 20.7 Å². The molecule has 1 saturated carbocycles. The number of methoxy groups -OCH3 is 1. The van der Waals surface area contributed by atoms with Gasteiger partial charge >= 0.3 is 0 Å². The highest BCUT2D eigenvalue weighted by Gasteiger charge is 2.33. The second kappa shape index (κ2) is 6.34. The number of carbonyl (C=O) groups excluding carboxylic acids is 2. The second-order valence-electron chi connectivity index (χ2n) is 5.34. The van der Waals surface area contributed by atoms with Crippen molar-refractivity contribution in [2.45, 2.75) is 37.8 Å². The van der Waals surface area contributed by atoms with Crippen molar-refractivity contribution in [2.24, 2.45) is 11.7 Å². The van der Waals surface area contributed by atoms with Gasteiger partial charge in [-0.05, 0) is 25.7 Å². The van der Waals surface area contributed by atoms with Crippen LogP contribution in [0.5, 0.6) is 0 Å². The Hall–Kier alpha value is -1.14. The zero-order valence-corrected chi connectivity index (χ0v) is 11.4. The highest BCUT2D eigenvalue weighted by Crippen LogP contribution is 2.29. The number of nitrogens with two attached hydrogens (primary N) is 1. The van der Waals surface area contributed by atoms with Crippen molar-refractivity contribution in [1.29, 1.82) is 0 Å². The Kier molecular flexibility index (Phi) is 4.76. The third-order valence-corrected chi connectivity index (χ3v) is 3.88. The molecule has 0 radical (unpaired) electrons. The Labute approximate surface area is 113 Å². The lowest BCUT2D eigenvalue weighted by Crippen LogP contribution is -2.51. The molecule has 0 aromatic heterocycles. The molecule has 0 aromatic carbocycles. The zero-order valence-electron chi connectivity index (χ0n) is 11.4. The van der Waals surface area contributed by atoms with E-state index in [-0.39, 0.29) is 30.3 Å². The fourth-order valence-electron chi connectivity index (χ4n) is 2.41. The van der Waals surface area contributed by atoms with E-state index in [1.807, 2.05) is 0 Å². The van der Waals surface area contributed by atoms with Crippen LogP contribution in [0.2, 0.25) is 0 Å². The first-order chi connectivity index (χ1) is 9.15. The molecule has 0 spiro atoms. The van der Waals surface area contributed by atoms with E-state index in [0.717, 1.165) is 25.7 Å². The van der Waals surface area contributed by atoms with E-state index in [4.69, 9.17) is 10.5 Å². The minimum Gasteiger partial charge on any atom is -0.370 e. The first-order valence-corrected chi connectivity index (χ1v) is 6.97. The lowest BCUT2D eigenvalue weighted by Gasteiger charge is -2.34. The highest BCUT2D eigenvalue weighted by atomic mass is 16.5. The number of nitrogens with one attached hydrogen (secondary N) is 1. The summed E-state index contributed by atoms with van der Waals surface area (Å²) in [5.41, 5.74) is 5.49. The van der Waals surface area contributed by atoms with E-state index in [1.54, 1.807) is 4.90 Å². The van der Waals surface area contributed by atoms with E-state index in [1.165, 1.54) is 7.11 Å². The van der Waals surface area contributed by atoms with Crippen LogP contribution in [0.4, 0.5) is 0 Å². The smallest absolute Gasteiger partial charge is 0.253 e. The molecule has 2 fully saturated rings. The number of likely N-dealkylation sites (tertiary alicyclic amines) is 1. The molecule has 3 N–H and O–H groups in total. The molecule has 6 nitrogen and oxygen atoms in total. The minimum atomic E-state index is -0.544. The van der Waals surface area contributed by atoms with Crippen LogP contribution in [-0.4, -0.2) is 55.6 Å². The Morgan fingerprint density at radius 1 is 1.32 bits per heavy atom. The molecule has 2 amide bonds. The lowest BCUT2D eigenvalue weighted by atomic mass is 10.0. The van der Waals surface area contributed by atoms with Crippen LogP contribution >= 0.6 is 0 Å². The van der Waals surface area contributed by atoms with Gasteiger partial charge in [-0.15, -0.1) is 0 Å². The Morgan fingerprint density at radius 2 is 1.95 bits per heavy atom. The standard InChI is InChI=1S/C13H23N3O3/c1-19-11(8-14)13(18)16-6-4-10(5-7-16)15-12(17)9-2-3-9/h9-11H,2-8,14H2,1H3,(H,15,17). The molecule has 1 heterocycles. The van der Waals surface area contributed by atoms with E-state index in [2.05, 4.69) is 5.32 Å². The van der Waals surface area contributed by atoms with E-state index in [9.17, 15) is 9.59 Å². The molecule has 2 aliphatic rings. The molecule has 0 aromatic rings. The highest BCUT2D eigenvalue weighted by molar-refractivity contribution is 5.82. The van der Waals surface area contributed by atoms with Crippen molar-refractivity contribution < 1.29 is 14.3 Å². The molecule has 1 aliphatic heterocycles. The first-order valence-electron chi connectivity index (χ1n) is 6.97. The molecular formula is C13H23N3O3. The van der Waals surface area contributed by atoms with Gasteiger partial charge in [0.25, 0.3) is 5.91 Å². The maximum atomic E-state index is 12.0. The Morgan fingerprint density at radius 3 is 2.42 bits per heavy atom. The van der Waals surface area contributed by atoms with Gasteiger partial charge in [-0.25, -0.2) is 0 Å². The summed E-state index contributed by atoms with van der Waals surface area (Å²) in [4.78, 5) is 25.5. The molecule has 1 saturated heterocycles. The van der Waals surface area contributed by atoms with E-state index < -0.39 is 6.10 Å². The lowest BCUT2D eigenvalue weighted by molar-refractivity contribution is -0.142. The third-order valence-electron chi connectivity index (χ3n) is 3.88. The van der Waals surface area contributed by atoms with Gasteiger partial charge in [0.1, 0.15) is 6.10 Å². The molecule has 1 atom stereocenters. The fourth-order valence-corrected chi connectivity index (χ4v) is 2.41. The first kappa shape index (κ1) is 14.3. The van der Waals surface area contributed by atoms with Crippen molar-refractivity contribution in [3.8, 4) is 0 Å². The third kappa shape index (κ3) is 3.67. The van der Waals surface area contributed by atoms with Gasteiger partial charge in [-0.2, -0.15) is 0 Å². The average Bonchev–Trinajstić information content (AvgIpc) is 3.25. The second-order valence-corrected chi connectivity index (χ2v) is 5.34. The van der Waals surface area contributed by atoms with Gasteiger partial charge in [-0.1, -0.05) is 0 Å². The van der Waals surface area contributed by atoms with Gasteiger partial charge in [0.2, 0.25) is 5.91 Å². The van der Waals surface area contributed by atoms with Crippen LogP contribution in [0.15, 0.2) is 0 Å². The van der Waals surface area contributed by atoms with Crippen molar-refractivity contribution in [3.05, 3.63) is 0 Å². The summed E-state index contributed by atoms with van der Waals surface area (Å²) in [6.45, 7) is 1.52. The van der Waals surface area contributed by atoms with Crippen LogP contribution in [0, 0.1) is 5.92 Å². The van der Waals surface area contributed by atoms with Gasteiger partial charge in [0, 0.05) is 38.7 Å². The van der Waals surface area contributed by atoms with Crippen molar-refractivity contribution in [2.75, 3.05) is 26.7 Å². The summed E-state index contributed by atoms with van der Waals surface area (Å²) >= 11 is 0. The number of rotatable bonds is 5. The molecule has 2 rings (SSSR count). The summed E-state index contributed by atoms with van der Waals surface area (Å²) in [6, 6.07) is 0.205. The molecule has 6 heteroatoms. The number of hydrogen-bond donors (Lipinski definition) is 2. The fraction of sp³-hybridized carbons (Fsp3) is 0.846. The van der Waals surface area contributed by atoms with Gasteiger partial charge in [-0.3, -0.25) is 9.59 Å². The summed E-state index contributed by atoms with van der Waals surface area (Å²) in [7, 11) is 1.50.